The maximum absolute atomic E-state index is 5.92. The summed E-state index contributed by atoms with van der Waals surface area (Å²) in [5, 5.41) is 4.17. The molecule has 3 nitrogen and oxygen atoms in total. The minimum Gasteiger partial charge on any atom is -0.396 e. The van der Waals surface area contributed by atoms with E-state index in [0.29, 0.717) is 0 Å². The van der Waals surface area contributed by atoms with Gasteiger partial charge in [-0.2, -0.15) is 5.10 Å². The topological polar surface area (TPSA) is 43.8 Å². The van der Waals surface area contributed by atoms with Crippen molar-refractivity contribution in [2.45, 2.75) is 19.3 Å². The molecule has 4 heteroatoms. The summed E-state index contributed by atoms with van der Waals surface area (Å²) in [5.41, 5.74) is 9.27. The van der Waals surface area contributed by atoms with Gasteiger partial charge >= 0.3 is 0 Å². The molecule has 0 amide bonds. The highest BCUT2D eigenvalue weighted by Crippen LogP contribution is 2.38. The zero-order valence-corrected chi connectivity index (χ0v) is 9.47. The molecule has 0 aromatic carbocycles. The molecule has 2 heterocycles. The molecule has 2 aromatic rings. The van der Waals surface area contributed by atoms with Crippen LogP contribution < -0.4 is 5.73 Å². The second-order valence-electron chi connectivity index (χ2n) is 3.98. The molecule has 2 aromatic heterocycles. The Bertz CT molecular complexity index is 469. The second-order valence-corrected chi connectivity index (χ2v) is 5.12. The molecule has 0 radical (unpaired) electrons. The van der Waals surface area contributed by atoms with Crippen molar-refractivity contribution < 1.29 is 0 Å². The molecule has 0 spiro atoms. The number of thiophene rings is 1. The second kappa shape index (κ2) is 3.10. The lowest BCUT2D eigenvalue weighted by atomic mass is 10.2. The number of rotatable bonds is 1. The number of hydrogen-bond acceptors (Lipinski definition) is 3. The Hall–Kier alpha value is -1.29. The normalized spacial score (nSPS) is 14.5. The molecule has 0 fully saturated rings. The molecule has 15 heavy (non-hydrogen) atoms. The predicted octanol–water partition coefficient (Wildman–Crippen LogP) is 2.22. The summed E-state index contributed by atoms with van der Waals surface area (Å²) in [4.78, 5) is 2.79. The Labute approximate surface area is 92.5 Å². The Morgan fingerprint density at radius 3 is 3.00 bits per heavy atom. The van der Waals surface area contributed by atoms with Crippen LogP contribution >= 0.6 is 11.3 Å². The summed E-state index contributed by atoms with van der Waals surface area (Å²) in [5.74, 6) is 0. The molecular formula is C11H13N3S. The molecule has 0 saturated heterocycles. The van der Waals surface area contributed by atoms with Crippen LogP contribution in [0.1, 0.15) is 16.9 Å². The van der Waals surface area contributed by atoms with Gasteiger partial charge in [-0.15, -0.1) is 11.3 Å². The zero-order chi connectivity index (χ0) is 10.4. The first-order valence-corrected chi connectivity index (χ1v) is 5.97. The average Bonchev–Trinajstić information content (AvgIpc) is 2.80. The van der Waals surface area contributed by atoms with Crippen molar-refractivity contribution in [1.29, 1.82) is 0 Å². The highest BCUT2D eigenvalue weighted by Gasteiger charge is 2.18. The molecule has 0 aliphatic heterocycles. The summed E-state index contributed by atoms with van der Waals surface area (Å²) < 4.78 is 1.86. The van der Waals surface area contributed by atoms with Gasteiger partial charge in [-0.25, -0.2) is 0 Å². The maximum Gasteiger partial charge on any atom is 0.101 e. The van der Waals surface area contributed by atoms with E-state index in [1.807, 2.05) is 23.1 Å². The molecule has 78 valence electrons. The van der Waals surface area contributed by atoms with Gasteiger partial charge in [0.15, 0.2) is 0 Å². The van der Waals surface area contributed by atoms with E-state index in [2.05, 4.69) is 11.2 Å². The van der Waals surface area contributed by atoms with E-state index in [9.17, 15) is 0 Å². The fourth-order valence-electron chi connectivity index (χ4n) is 2.20. The molecule has 0 saturated carbocycles. The Kier molecular flexibility index (Phi) is 1.85. The van der Waals surface area contributed by atoms with Crippen LogP contribution in [0.15, 0.2) is 12.3 Å². The molecule has 3 rings (SSSR count). The number of nitrogen functional groups attached to an aromatic ring is 1. The summed E-state index contributed by atoms with van der Waals surface area (Å²) in [6.45, 7) is 0. The van der Waals surface area contributed by atoms with E-state index in [1.54, 1.807) is 6.20 Å². The molecule has 1 aliphatic carbocycles. The smallest absolute Gasteiger partial charge is 0.101 e. The first-order valence-electron chi connectivity index (χ1n) is 5.15. The minimum atomic E-state index is 0.775. The number of fused-ring (bicyclic) bond motifs is 1. The fraction of sp³-hybridized carbons (Fsp3) is 0.364. The van der Waals surface area contributed by atoms with Crippen LogP contribution in [-0.4, -0.2) is 9.78 Å². The van der Waals surface area contributed by atoms with Gasteiger partial charge in [-0.3, -0.25) is 4.68 Å². The van der Waals surface area contributed by atoms with E-state index in [1.165, 1.54) is 34.6 Å². The first kappa shape index (κ1) is 8.97. The number of nitrogens with two attached hydrogens (primary N) is 1. The first-order chi connectivity index (χ1) is 7.25. The molecule has 0 atom stereocenters. The van der Waals surface area contributed by atoms with Crippen molar-refractivity contribution in [2.24, 2.45) is 7.05 Å². The van der Waals surface area contributed by atoms with Crippen molar-refractivity contribution in [2.75, 3.05) is 5.73 Å². The van der Waals surface area contributed by atoms with Crippen molar-refractivity contribution in [3.05, 3.63) is 22.7 Å². The third-order valence-corrected chi connectivity index (χ3v) is 4.19. The van der Waals surface area contributed by atoms with E-state index < -0.39 is 0 Å². The SMILES string of the molecule is Cn1ncc(N)c1-c1cc2c(s1)CCC2. The molecule has 2 N–H and O–H groups in total. The van der Waals surface area contributed by atoms with Crippen LogP contribution in [0.3, 0.4) is 0 Å². The number of aryl methyl sites for hydroxylation is 3. The van der Waals surface area contributed by atoms with Crippen LogP contribution in [0, 0.1) is 0 Å². The zero-order valence-electron chi connectivity index (χ0n) is 8.66. The minimum absolute atomic E-state index is 0.775. The van der Waals surface area contributed by atoms with E-state index in [0.717, 1.165) is 11.4 Å². The average molecular weight is 219 g/mol. The molecule has 0 bridgehead atoms. The van der Waals surface area contributed by atoms with Crippen molar-refractivity contribution in [3.63, 3.8) is 0 Å². The van der Waals surface area contributed by atoms with Gasteiger partial charge in [0.25, 0.3) is 0 Å². The quantitative estimate of drug-likeness (QED) is 0.799. The number of hydrogen-bond donors (Lipinski definition) is 1. The summed E-state index contributed by atoms with van der Waals surface area (Å²) in [6, 6.07) is 2.28. The van der Waals surface area contributed by atoms with Crippen LogP contribution in [0.4, 0.5) is 5.69 Å². The van der Waals surface area contributed by atoms with Gasteiger partial charge in [0.05, 0.1) is 16.8 Å². The third-order valence-electron chi connectivity index (χ3n) is 2.95. The van der Waals surface area contributed by atoms with E-state index in [-0.39, 0.29) is 0 Å². The largest absolute Gasteiger partial charge is 0.396 e. The highest BCUT2D eigenvalue weighted by molar-refractivity contribution is 7.15. The van der Waals surface area contributed by atoms with Gasteiger partial charge in [0.1, 0.15) is 5.69 Å². The van der Waals surface area contributed by atoms with Crippen molar-refractivity contribution >= 4 is 17.0 Å². The lowest BCUT2D eigenvalue weighted by Gasteiger charge is -1.99. The van der Waals surface area contributed by atoms with Crippen LogP contribution in [0.25, 0.3) is 10.6 Å². The van der Waals surface area contributed by atoms with Gasteiger partial charge in [-0.1, -0.05) is 0 Å². The van der Waals surface area contributed by atoms with Gasteiger partial charge in [-0.05, 0) is 30.9 Å². The molecule has 0 unspecified atom stereocenters. The van der Waals surface area contributed by atoms with Crippen LogP contribution in [-0.2, 0) is 19.9 Å². The lowest BCUT2D eigenvalue weighted by Crippen LogP contribution is -1.94. The Balaban J connectivity index is 2.13. The van der Waals surface area contributed by atoms with E-state index >= 15 is 0 Å². The van der Waals surface area contributed by atoms with Gasteiger partial charge < -0.3 is 5.73 Å². The van der Waals surface area contributed by atoms with Gasteiger partial charge in [0, 0.05) is 11.9 Å². The van der Waals surface area contributed by atoms with Crippen LogP contribution in [0.2, 0.25) is 0 Å². The van der Waals surface area contributed by atoms with Crippen molar-refractivity contribution in [3.8, 4) is 10.6 Å². The predicted molar refractivity (Wildman–Crippen MR) is 63.0 cm³/mol. The summed E-state index contributed by atoms with van der Waals surface area (Å²) >= 11 is 1.87. The number of anilines is 1. The molecule has 1 aliphatic rings. The molecular weight excluding hydrogens is 206 g/mol. The summed E-state index contributed by atoms with van der Waals surface area (Å²) in [6.07, 6.45) is 5.49. The Morgan fingerprint density at radius 2 is 2.33 bits per heavy atom. The fourth-order valence-corrected chi connectivity index (χ4v) is 3.55. The van der Waals surface area contributed by atoms with Gasteiger partial charge in [0.2, 0.25) is 0 Å². The standard InChI is InChI=1S/C11H13N3S/c1-14-11(8(12)6-13-14)10-5-7-3-2-4-9(7)15-10/h5-6H,2-4,12H2,1H3. The number of aromatic nitrogens is 2. The highest BCUT2D eigenvalue weighted by atomic mass is 32.1. The summed E-state index contributed by atoms with van der Waals surface area (Å²) in [7, 11) is 1.94. The van der Waals surface area contributed by atoms with Crippen LogP contribution in [0.5, 0.6) is 0 Å². The lowest BCUT2D eigenvalue weighted by molar-refractivity contribution is 0.777. The monoisotopic (exact) mass is 219 g/mol. The number of nitrogens with zero attached hydrogens (tertiary/aromatic N) is 2. The Morgan fingerprint density at radius 1 is 1.47 bits per heavy atom. The third kappa shape index (κ3) is 1.28. The van der Waals surface area contributed by atoms with E-state index in [4.69, 9.17) is 5.73 Å². The maximum atomic E-state index is 5.92. The van der Waals surface area contributed by atoms with Crippen molar-refractivity contribution in [1.82, 2.24) is 9.78 Å².